The molecule has 184 valence electrons. The smallest absolute Gasteiger partial charge is 0.276 e. The Morgan fingerprint density at radius 2 is 1.61 bits per heavy atom. The third-order valence-corrected chi connectivity index (χ3v) is 6.83. The van der Waals surface area contributed by atoms with Gasteiger partial charge >= 0.3 is 0 Å². The molecule has 0 spiro atoms. The molecule has 2 amide bonds. The second kappa shape index (κ2) is 10.3. The normalized spacial score (nSPS) is 16.0. The number of hydrogen-bond donors (Lipinski definition) is 2. The zero-order chi connectivity index (χ0) is 25.9. The number of anilines is 2. The van der Waals surface area contributed by atoms with Crippen LogP contribution in [0.5, 0.6) is 0 Å². The number of aryl methyl sites for hydroxylation is 1. The number of benzene rings is 3. The number of nitrogens with zero attached hydrogens (tertiary/aromatic N) is 3. The van der Waals surface area contributed by atoms with Crippen molar-refractivity contribution in [3.63, 3.8) is 0 Å². The van der Waals surface area contributed by atoms with Gasteiger partial charge in [-0.2, -0.15) is 28.5 Å². The zero-order valence-corrected chi connectivity index (χ0v) is 20.9. The lowest BCUT2D eigenvalue weighted by atomic mass is 9.97. The van der Waals surface area contributed by atoms with E-state index in [4.69, 9.17) is 11.6 Å². The molecule has 3 aromatic rings. The minimum absolute atomic E-state index is 0.0386. The van der Waals surface area contributed by atoms with Crippen LogP contribution in [-0.2, 0) is 19.6 Å². The molecule has 0 saturated carbocycles. The molecule has 36 heavy (non-hydrogen) atoms. The van der Waals surface area contributed by atoms with Gasteiger partial charge in [-0.25, -0.2) is 0 Å². The fraction of sp³-hybridized carbons (Fsp3) is 0.120. The fourth-order valence-electron chi connectivity index (χ4n) is 3.49. The van der Waals surface area contributed by atoms with E-state index in [9.17, 15) is 18.0 Å². The Hall–Kier alpha value is -4.02. The van der Waals surface area contributed by atoms with Crippen molar-refractivity contribution in [3.05, 3.63) is 89.4 Å². The van der Waals surface area contributed by atoms with Crippen LogP contribution in [0.3, 0.4) is 0 Å². The molecule has 4 rings (SSSR count). The Balaban J connectivity index is 1.69. The second-order valence-electron chi connectivity index (χ2n) is 8.03. The van der Waals surface area contributed by atoms with Crippen molar-refractivity contribution in [2.24, 2.45) is 16.1 Å². The van der Waals surface area contributed by atoms with E-state index in [0.717, 1.165) is 5.56 Å². The van der Waals surface area contributed by atoms with Gasteiger partial charge in [0.25, 0.3) is 21.8 Å². The Kier molecular flexibility index (Phi) is 7.18. The summed E-state index contributed by atoms with van der Waals surface area (Å²) in [6.07, 6.45) is 0. The standard InChI is InChI=1S/C25H22ClN5O4S/c1-16-8-14-21(15-9-16)36(34,35)30-28-23(24(32)27-19-12-10-18(26)11-13-19)22-17(2)29-31(25(22)33)20-6-4-3-5-7-20/h3-15,22,30H,1-2H3,(H,27,32)/b28-23-/t22-/m1/s1. The highest BCUT2D eigenvalue weighted by molar-refractivity contribution is 7.89. The highest BCUT2D eigenvalue weighted by Crippen LogP contribution is 2.25. The number of sulfonamides is 1. The molecule has 3 aromatic carbocycles. The van der Waals surface area contributed by atoms with Crippen molar-refractivity contribution >= 4 is 56.2 Å². The molecule has 0 radical (unpaired) electrons. The van der Waals surface area contributed by atoms with Crippen LogP contribution in [0, 0.1) is 12.8 Å². The maximum atomic E-state index is 13.3. The molecule has 0 aliphatic carbocycles. The van der Waals surface area contributed by atoms with E-state index in [-0.39, 0.29) is 16.3 Å². The van der Waals surface area contributed by atoms with Crippen LogP contribution in [0.2, 0.25) is 5.02 Å². The van der Waals surface area contributed by atoms with E-state index in [0.29, 0.717) is 16.4 Å². The first-order valence-electron chi connectivity index (χ1n) is 10.8. The first-order valence-corrected chi connectivity index (χ1v) is 12.7. The van der Waals surface area contributed by atoms with Gasteiger partial charge in [-0.1, -0.05) is 47.5 Å². The number of rotatable bonds is 7. The Bertz CT molecular complexity index is 1450. The summed E-state index contributed by atoms with van der Waals surface area (Å²) < 4.78 is 25.7. The van der Waals surface area contributed by atoms with Crippen molar-refractivity contribution in [3.8, 4) is 0 Å². The second-order valence-corrected chi connectivity index (χ2v) is 10.1. The molecule has 1 heterocycles. The highest BCUT2D eigenvalue weighted by Gasteiger charge is 2.41. The highest BCUT2D eigenvalue weighted by atomic mass is 35.5. The van der Waals surface area contributed by atoms with E-state index in [1.807, 2.05) is 6.92 Å². The molecule has 2 N–H and O–H groups in total. The van der Waals surface area contributed by atoms with Crippen LogP contribution < -0.4 is 15.2 Å². The van der Waals surface area contributed by atoms with Gasteiger partial charge in [-0.05, 0) is 62.4 Å². The number of hydrogen-bond acceptors (Lipinski definition) is 6. The molecular formula is C25H22ClN5O4S. The van der Waals surface area contributed by atoms with Gasteiger partial charge in [0.2, 0.25) is 0 Å². The van der Waals surface area contributed by atoms with Gasteiger partial charge in [0.15, 0.2) is 0 Å². The molecule has 0 saturated heterocycles. The summed E-state index contributed by atoms with van der Waals surface area (Å²) in [7, 11) is -4.11. The summed E-state index contributed by atoms with van der Waals surface area (Å²) >= 11 is 5.92. The minimum atomic E-state index is -4.11. The number of para-hydroxylation sites is 1. The molecule has 0 fully saturated rings. The third kappa shape index (κ3) is 5.45. The molecule has 1 aliphatic rings. The van der Waals surface area contributed by atoms with Crippen molar-refractivity contribution in [2.45, 2.75) is 18.7 Å². The number of hydrazone groups is 2. The summed E-state index contributed by atoms with van der Waals surface area (Å²) in [5, 5.41) is 12.5. The summed E-state index contributed by atoms with van der Waals surface area (Å²) in [4.78, 5) is 28.7. The average Bonchev–Trinajstić information content (AvgIpc) is 3.15. The van der Waals surface area contributed by atoms with E-state index >= 15 is 0 Å². The van der Waals surface area contributed by atoms with Crippen molar-refractivity contribution in [2.75, 3.05) is 10.3 Å². The number of carbonyl (C=O) groups excluding carboxylic acids is 2. The molecule has 0 aromatic heterocycles. The predicted octanol–water partition coefficient (Wildman–Crippen LogP) is 3.96. The predicted molar refractivity (Wildman–Crippen MR) is 140 cm³/mol. The van der Waals surface area contributed by atoms with E-state index in [2.05, 4.69) is 20.4 Å². The monoisotopic (exact) mass is 523 g/mol. The average molecular weight is 524 g/mol. The Morgan fingerprint density at radius 1 is 0.972 bits per heavy atom. The summed E-state index contributed by atoms with van der Waals surface area (Å²) in [6, 6.07) is 21.1. The van der Waals surface area contributed by atoms with Crippen LogP contribution in [0.25, 0.3) is 0 Å². The topological polar surface area (TPSA) is 120 Å². The van der Waals surface area contributed by atoms with Crippen LogP contribution >= 0.6 is 11.6 Å². The SMILES string of the molecule is CC1=NN(c2ccccc2)C(=O)[C@H]1/C(=N/NS(=O)(=O)c1ccc(C)cc1)C(=O)Nc1ccc(Cl)cc1. The molecule has 0 unspecified atom stereocenters. The number of halogens is 1. The molecule has 0 bridgehead atoms. The lowest BCUT2D eigenvalue weighted by molar-refractivity contribution is -0.119. The minimum Gasteiger partial charge on any atom is -0.321 e. The largest absolute Gasteiger partial charge is 0.321 e. The number of carbonyl (C=O) groups is 2. The lowest BCUT2D eigenvalue weighted by Gasteiger charge is -2.16. The molecule has 1 atom stereocenters. The Labute approximate surface area is 213 Å². The zero-order valence-electron chi connectivity index (χ0n) is 19.3. The van der Waals surface area contributed by atoms with Gasteiger partial charge < -0.3 is 5.32 Å². The first-order chi connectivity index (χ1) is 17.2. The maximum Gasteiger partial charge on any atom is 0.276 e. The van der Waals surface area contributed by atoms with Crippen molar-refractivity contribution in [1.29, 1.82) is 0 Å². The van der Waals surface area contributed by atoms with E-state index in [1.54, 1.807) is 73.7 Å². The van der Waals surface area contributed by atoms with Gasteiger partial charge in [0.1, 0.15) is 11.6 Å². The van der Waals surface area contributed by atoms with Crippen LogP contribution in [0.15, 0.2) is 94.0 Å². The van der Waals surface area contributed by atoms with Gasteiger partial charge in [-0.3, -0.25) is 9.59 Å². The van der Waals surface area contributed by atoms with Crippen LogP contribution in [0.1, 0.15) is 12.5 Å². The summed E-state index contributed by atoms with van der Waals surface area (Å²) in [5.74, 6) is -2.52. The lowest BCUT2D eigenvalue weighted by Crippen LogP contribution is -2.40. The van der Waals surface area contributed by atoms with Crippen LogP contribution in [0.4, 0.5) is 11.4 Å². The first kappa shape index (κ1) is 25.1. The van der Waals surface area contributed by atoms with Crippen molar-refractivity contribution in [1.82, 2.24) is 4.83 Å². The van der Waals surface area contributed by atoms with Gasteiger partial charge in [0, 0.05) is 10.7 Å². The molecule has 11 heteroatoms. The third-order valence-electron chi connectivity index (χ3n) is 5.36. The summed E-state index contributed by atoms with van der Waals surface area (Å²) in [6.45, 7) is 3.40. The Morgan fingerprint density at radius 3 is 2.25 bits per heavy atom. The number of amides is 2. The van der Waals surface area contributed by atoms with Crippen molar-refractivity contribution < 1.29 is 18.0 Å². The van der Waals surface area contributed by atoms with E-state index in [1.165, 1.54) is 17.1 Å². The quantitative estimate of drug-likeness (QED) is 0.359. The van der Waals surface area contributed by atoms with E-state index < -0.39 is 27.8 Å². The molecule has 1 aliphatic heterocycles. The van der Waals surface area contributed by atoms with Gasteiger partial charge in [-0.15, -0.1) is 0 Å². The van der Waals surface area contributed by atoms with Crippen LogP contribution in [-0.4, -0.2) is 31.7 Å². The van der Waals surface area contributed by atoms with Gasteiger partial charge in [0.05, 0.1) is 16.3 Å². The molecule has 9 nitrogen and oxygen atoms in total. The summed E-state index contributed by atoms with van der Waals surface area (Å²) in [5.41, 5.74) is 1.69. The number of nitrogens with one attached hydrogen (secondary N) is 2. The molecular weight excluding hydrogens is 502 g/mol. The maximum absolute atomic E-state index is 13.3. The fourth-order valence-corrected chi connectivity index (χ4v) is 4.43.